The summed E-state index contributed by atoms with van der Waals surface area (Å²) in [5.41, 5.74) is 6.22. The number of piperidine rings is 1. The molecule has 0 bridgehead atoms. The van der Waals surface area contributed by atoms with Crippen molar-refractivity contribution in [2.24, 2.45) is 5.92 Å². The van der Waals surface area contributed by atoms with Gasteiger partial charge in [0.2, 0.25) is 15.9 Å². The number of nitrogens with zero attached hydrogens (tertiary/aromatic N) is 1. The third-order valence-corrected chi connectivity index (χ3v) is 6.66. The van der Waals surface area contributed by atoms with E-state index >= 15 is 0 Å². The van der Waals surface area contributed by atoms with Crippen LogP contribution in [-0.4, -0.2) is 31.7 Å². The van der Waals surface area contributed by atoms with E-state index in [-0.39, 0.29) is 18.2 Å². The van der Waals surface area contributed by atoms with Crippen LogP contribution in [-0.2, 0) is 14.8 Å². The van der Waals surface area contributed by atoms with Crippen molar-refractivity contribution in [1.29, 1.82) is 0 Å². The summed E-state index contributed by atoms with van der Waals surface area (Å²) in [6.45, 7) is 0.837. The predicted molar refractivity (Wildman–Crippen MR) is 106 cm³/mol. The Bertz CT molecular complexity index is 873. The van der Waals surface area contributed by atoms with E-state index in [0.29, 0.717) is 23.0 Å². The second-order valence-electron chi connectivity index (χ2n) is 6.57. The van der Waals surface area contributed by atoms with Gasteiger partial charge in [0.05, 0.1) is 10.6 Å². The minimum atomic E-state index is -3.52. The fourth-order valence-corrected chi connectivity index (χ4v) is 4.84. The first-order valence-electron chi connectivity index (χ1n) is 8.81. The molecule has 1 atom stereocenters. The summed E-state index contributed by atoms with van der Waals surface area (Å²) >= 11 is 5.83. The molecule has 1 aliphatic heterocycles. The zero-order valence-corrected chi connectivity index (χ0v) is 16.3. The molecule has 0 radical (unpaired) electrons. The lowest BCUT2D eigenvalue weighted by Crippen LogP contribution is -2.41. The first-order valence-corrected chi connectivity index (χ1v) is 10.6. The number of rotatable bonds is 6. The number of anilines is 1. The highest BCUT2D eigenvalue weighted by molar-refractivity contribution is 7.89. The van der Waals surface area contributed by atoms with Crippen molar-refractivity contribution in [2.45, 2.75) is 24.2 Å². The van der Waals surface area contributed by atoms with Crippen molar-refractivity contribution >= 4 is 33.2 Å². The van der Waals surface area contributed by atoms with E-state index in [9.17, 15) is 13.2 Å². The van der Waals surface area contributed by atoms with Gasteiger partial charge in [-0.3, -0.25) is 15.6 Å². The number of halogens is 1. The number of sulfonamides is 1. The van der Waals surface area contributed by atoms with Crippen molar-refractivity contribution in [3.8, 4) is 0 Å². The lowest BCUT2D eigenvalue weighted by molar-refractivity contribution is -0.121. The molecule has 144 valence electrons. The molecule has 3 rings (SSSR count). The van der Waals surface area contributed by atoms with E-state index in [1.165, 1.54) is 4.31 Å². The van der Waals surface area contributed by atoms with Crippen LogP contribution >= 0.6 is 11.6 Å². The first kappa shape index (κ1) is 19.7. The molecule has 1 aliphatic rings. The number of carbonyl (C=O) groups is 1. The van der Waals surface area contributed by atoms with Crippen LogP contribution in [0.25, 0.3) is 0 Å². The second-order valence-corrected chi connectivity index (χ2v) is 8.94. The molecular weight excluding hydrogens is 386 g/mol. The summed E-state index contributed by atoms with van der Waals surface area (Å²) in [6.07, 6.45) is 1.84. The summed E-state index contributed by atoms with van der Waals surface area (Å²) in [7, 11) is -3.52. The molecule has 2 aromatic carbocycles. The SMILES string of the molecule is O=C(CC1CCCN(S(=O)(=O)c2ccccc2)C1)NNc1ccc(Cl)cc1. The minimum absolute atomic E-state index is 0.00995. The van der Waals surface area contributed by atoms with Gasteiger partial charge in [-0.2, -0.15) is 4.31 Å². The van der Waals surface area contributed by atoms with Gasteiger partial charge >= 0.3 is 0 Å². The molecule has 0 aliphatic carbocycles. The molecule has 6 nitrogen and oxygen atoms in total. The average molecular weight is 408 g/mol. The number of amides is 1. The van der Waals surface area contributed by atoms with E-state index in [0.717, 1.165) is 18.5 Å². The Kier molecular flexibility index (Phi) is 6.36. The van der Waals surface area contributed by atoms with Gasteiger partial charge in [0.25, 0.3) is 0 Å². The van der Waals surface area contributed by atoms with E-state index in [1.807, 2.05) is 0 Å². The third-order valence-electron chi connectivity index (χ3n) is 4.53. The summed E-state index contributed by atoms with van der Waals surface area (Å²) in [5, 5.41) is 0.619. The molecule has 8 heteroatoms. The van der Waals surface area contributed by atoms with Crippen LogP contribution in [0, 0.1) is 5.92 Å². The van der Waals surface area contributed by atoms with E-state index in [2.05, 4.69) is 10.9 Å². The zero-order valence-electron chi connectivity index (χ0n) is 14.8. The highest BCUT2D eigenvalue weighted by atomic mass is 35.5. The molecule has 27 heavy (non-hydrogen) atoms. The minimum Gasteiger partial charge on any atom is -0.299 e. The molecule has 0 aromatic heterocycles. The number of hydrogen-bond donors (Lipinski definition) is 2. The van der Waals surface area contributed by atoms with Crippen molar-refractivity contribution in [3.63, 3.8) is 0 Å². The van der Waals surface area contributed by atoms with Crippen LogP contribution in [0.2, 0.25) is 5.02 Å². The number of nitrogens with one attached hydrogen (secondary N) is 2. The van der Waals surface area contributed by atoms with Crippen LogP contribution in [0.3, 0.4) is 0 Å². The van der Waals surface area contributed by atoms with Crippen LogP contribution in [0.15, 0.2) is 59.5 Å². The monoisotopic (exact) mass is 407 g/mol. The molecule has 1 saturated heterocycles. The Hall–Kier alpha value is -2.09. The zero-order chi connectivity index (χ0) is 19.3. The van der Waals surface area contributed by atoms with Crippen molar-refractivity contribution in [3.05, 3.63) is 59.6 Å². The topological polar surface area (TPSA) is 78.5 Å². The summed E-state index contributed by atoms with van der Waals surface area (Å²) < 4.78 is 27.0. The molecule has 0 spiro atoms. The van der Waals surface area contributed by atoms with Crippen molar-refractivity contribution < 1.29 is 13.2 Å². The quantitative estimate of drug-likeness (QED) is 0.720. The number of hydrazine groups is 1. The van der Waals surface area contributed by atoms with Crippen LogP contribution in [0.5, 0.6) is 0 Å². The number of hydrogen-bond acceptors (Lipinski definition) is 4. The van der Waals surface area contributed by atoms with Crippen molar-refractivity contribution in [1.82, 2.24) is 9.73 Å². The molecule has 1 heterocycles. The van der Waals surface area contributed by atoms with Gasteiger partial charge in [-0.25, -0.2) is 8.42 Å². The third kappa shape index (κ3) is 5.22. The number of benzene rings is 2. The summed E-state index contributed by atoms with van der Waals surface area (Å²) in [6, 6.07) is 15.4. The lowest BCUT2D eigenvalue weighted by Gasteiger charge is -2.31. The molecule has 2 N–H and O–H groups in total. The standard InChI is InChI=1S/C19H22ClN3O3S/c20-16-8-10-17(11-9-16)21-22-19(24)13-15-5-4-12-23(14-15)27(25,26)18-6-2-1-3-7-18/h1-3,6-11,15,21H,4-5,12-14H2,(H,22,24). The Labute approximate surface area is 164 Å². The first-order chi connectivity index (χ1) is 12.9. The summed E-state index contributed by atoms with van der Waals surface area (Å²) in [5.74, 6) is -0.182. The summed E-state index contributed by atoms with van der Waals surface area (Å²) in [4.78, 5) is 12.5. The highest BCUT2D eigenvalue weighted by Gasteiger charge is 2.30. The Morgan fingerprint density at radius 3 is 2.52 bits per heavy atom. The molecule has 1 unspecified atom stereocenters. The lowest BCUT2D eigenvalue weighted by atomic mass is 9.96. The van der Waals surface area contributed by atoms with Crippen molar-refractivity contribution in [2.75, 3.05) is 18.5 Å². The molecular formula is C19H22ClN3O3S. The van der Waals surface area contributed by atoms with Gasteiger partial charge in [0.15, 0.2) is 0 Å². The Morgan fingerprint density at radius 2 is 1.81 bits per heavy atom. The maximum absolute atomic E-state index is 12.8. The fraction of sp³-hybridized carbons (Fsp3) is 0.316. The average Bonchev–Trinajstić information content (AvgIpc) is 2.68. The fourth-order valence-electron chi connectivity index (χ4n) is 3.14. The molecule has 1 amide bonds. The normalized spacial score (nSPS) is 18.0. The second kappa shape index (κ2) is 8.73. The number of carbonyl (C=O) groups excluding carboxylic acids is 1. The van der Waals surface area contributed by atoms with Crippen LogP contribution < -0.4 is 10.9 Å². The van der Waals surface area contributed by atoms with Gasteiger partial charge < -0.3 is 0 Å². The van der Waals surface area contributed by atoms with E-state index in [1.54, 1.807) is 54.6 Å². The van der Waals surface area contributed by atoms with Gasteiger partial charge in [0.1, 0.15) is 0 Å². The largest absolute Gasteiger partial charge is 0.299 e. The highest BCUT2D eigenvalue weighted by Crippen LogP contribution is 2.25. The van der Waals surface area contributed by atoms with E-state index < -0.39 is 10.0 Å². The van der Waals surface area contributed by atoms with E-state index in [4.69, 9.17) is 11.6 Å². The van der Waals surface area contributed by atoms with Gasteiger partial charge in [-0.15, -0.1) is 0 Å². The maximum Gasteiger partial charge on any atom is 0.243 e. The molecule has 2 aromatic rings. The van der Waals surface area contributed by atoms with Crippen LogP contribution in [0.4, 0.5) is 5.69 Å². The predicted octanol–water partition coefficient (Wildman–Crippen LogP) is 3.27. The Balaban J connectivity index is 1.55. The molecule has 1 fully saturated rings. The molecule has 0 saturated carbocycles. The maximum atomic E-state index is 12.8. The van der Waals surface area contributed by atoms with Gasteiger partial charge in [0, 0.05) is 24.5 Å². The van der Waals surface area contributed by atoms with Gasteiger partial charge in [-0.1, -0.05) is 29.8 Å². The van der Waals surface area contributed by atoms with Gasteiger partial charge in [-0.05, 0) is 55.2 Å². The smallest absolute Gasteiger partial charge is 0.243 e. The van der Waals surface area contributed by atoms with Crippen LogP contribution in [0.1, 0.15) is 19.3 Å². The Morgan fingerprint density at radius 1 is 1.11 bits per heavy atom.